The lowest BCUT2D eigenvalue weighted by molar-refractivity contribution is 0.166. The molecule has 0 N–H and O–H groups in total. The molecule has 0 saturated heterocycles. The molecule has 188 valence electrons. The van der Waals surface area contributed by atoms with Gasteiger partial charge in [0.2, 0.25) is 10.0 Å². The SMILES string of the molecule is COCCN(C(C)c1nc2ccccc2c(=O)n1-c1ccc(OC)cc1)S(=O)(=O)c1ccc(Cl)cc1. The van der Waals surface area contributed by atoms with Crippen molar-refractivity contribution in [3.05, 3.63) is 94.0 Å². The zero-order chi connectivity index (χ0) is 25.9. The van der Waals surface area contributed by atoms with E-state index in [1.54, 1.807) is 62.6 Å². The molecule has 4 aromatic rings. The van der Waals surface area contributed by atoms with Gasteiger partial charge >= 0.3 is 0 Å². The molecule has 4 rings (SSSR count). The Labute approximate surface area is 214 Å². The molecule has 0 amide bonds. The highest BCUT2D eigenvalue weighted by Gasteiger charge is 2.33. The summed E-state index contributed by atoms with van der Waals surface area (Å²) in [4.78, 5) is 18.5. The molecule has 0 aliphatic carbocycles. The maximum atomic E-state index is 13.7. The first-order chi connectivity index (χ1) is 17.3. The average molecular weight is 528 g/mol. The predicted molar refractivity (Wildman–Crippen MR) is 140 cm³/mol. The van der Waals surface area contributed by atoms with Gasteiger partial charge in [0.15, 0.2) is 0 Å². The molecular formula is C26H26ClN3O5S. The molecule has 0 aliphatic heterocycles. The number of hydrogen-bond acceptors (Lipinski definition) is 6. The summed E-state index contributed by atoms with van der Waals surface area (Å²) in [6.07, 6.45) is 0. The third-order valence-electron chi connectivity index (χ3n) is 5.87. The van der Waals surface area contributed by atoms with Crippen LogP contribution in [-0.4, -0.2) is 49.6 Å². The summed E-state index contributed by atoms with van der Waals surface area (Å²) in [7, 11) is -0.937. The molecule has 0 aliphatic rings. The first-order valence-corrected chi connectivity index (χ1v) is 13.0. The Hall–Kier alpha value is -3.24. The first kappa shape index (κ1) is 25.8. The fraction of sp³-hybridized carbons (Fsp3) is 0.231. The van der Waals surface area contributed by atoms with Crippen molar-refractivity contribution < 1.29 is 17.9 Å². The van der Waals surface area contributed by atoms with Gasteiger partial charge in [0.05, 0.1) is 41.2 Å². The smallest absolute Gasteiger partial charge is 0.266 e. The number of ether oxygens (including phenoxy) is 2. The molecule has 36 heavy (non-hydrogen) atoms. The lowest BCUT2D eigenvalue weighted by atomic mass is 10.2. The van der Waals surface area contributed by atoms with Gasteiger partial charge in [-0.15, -0.1) is 0 Å². The van der Waals surface area contributed by atoms with E-state index >= 15 is 0 Å². The van der Waals surface area contributed by atoms with E-state index in [-0.39, 0.29) is 29.4 Å². The number of rotatable bonds is 9. The van der Waals surface area contributed by atoms with E-state index < -0.39 is 16.1 Å². The van der Waals surface area contributed by atoms with Crippen molar-refractivity contribution in [1.82, 2.24) is 13.9 Å². The number of aromatic nitrogens is 2. The Morgan fingerprint density at radius 3 is 2.31 bits per heavy atom. The molecule has 10 heteroatoms. The average Bonchev–Trinajstić information content (AvgIpc) is 2.89. The zero-order valence-corrected chi connectivity index (χ0v) is 21.7. The highest BCUT2D eigenvalue weighted by Crippen LogP contribution is 2.29. The van der Waals surface area contributed by atoms with Crippen LogP contribution < -0.4 is 10.3 Å². The predicted octanol–water partition coefficient (Wildman–Crippen LogP) is 4.45. The van der Waals surface area contributed by atoms with Crippen LogP contribution in [0.2, 0.25) is 5.02 Å². The van der Waals surface area contributed by atoms with E-state index in [0.29, 0.717) is 27.4 Å². The normalized spacial score (nSPS) is 12.7. The van der Waals surface area contributed by atoms with Gasteiger partial charge in [0.25, 0.3) is 5.56 Å². The zero-order valence-electron chi connectivity index (χ0n) is 20.1. The standard InChI is InChI=1S/C26H26ClN3O5S/c1-18(29(16-17-34-2)36(32,33)22-14-8-19(27)9-15-22)25-28-24-7-5-4-6-23(24)26(31)30(25)20-10-12-21(35-3)13-11-20/h4-15,18H,16-17H2,1-3H3. The Morgan fingerprint density at radius 2 is 1.67 bits per heavy atom. The van der Waals surface area contributed by atoms with E-state index in [4.69, 9.17) is 26.1 Å². The molecule has 0 radical (unpaired) electrons. The number of halogens is 1. The summed E-state index contributed by atoms with van der Waals surface area (Å²) >= 11 is 5.98. The molecule has 8 nitrogen and oxygen atoms in total. The van der Waals surface area contributed by atoms with Gasteiger partial charge in [-0.3, -0.25) is 9.36 Å². The quantitative estimate of drug-likeness (QED) is 0.319. The van der Waals surface area contributed by atoms with E-state index in [0.717, 1.165) is 0 Å². The third-order valence-corrected chi connectivity index (χ3v) is 8.11. The summed E-state index contributed by atoms with van der Waals surface area (Å²) < 4.78 is 40.7. The van der Waals surface area contributed by atoms with E-state index in [9.17, 15) is 13.2 Å². The monoisotopic (exact) mass is 527 g/mol. The number of methoxy groups -OCH3 is 2. The minimum Gasteiger partial charge on any atom is -0.497 e. The van der Waals surface area contributed by atoms with Gasteiger partial charge in [0.1, 0.15) is 11.6 Å². The number of hydrogen-bond donors (Lipinski definition) is 0. The van der Waals surface area contributed by atoms with Gasteiger partial charge in [0, 0.05) is 18.7 Å². The van der Waals surface area contributed by atoms with Gasteiger partial charge < -0.3 is 9.47 Å². The van der Waals surface area contributed by atoms with Crippen LogP contribution in [-0.2, 0) is 14.8 Å². The number of sulfonamides is 1. The van der Waals surface area contributed by atoms with Gasteiger partial charge in [-0.2, -0.15) is 4.31 Å². The minimum atomic E-state index is -3.99. The number of para-hydroxylation sites is 1. The van der Waals surface area contributed by atoms with Gasteiger partial charge in [-0.05, 0) is 67.6 Å². The van der Waals surface area contributed by atoms with Crippen LogP contribution in [0.25, 0.3) is 16.6 Å². The lowest BCUT2D eigenvalue weighted by Gasteiger charge is -2.29. The Bertz CT molecular complexity index is 1520. The summed E-state index contributed by atoms with van der Waals surface area (Å²) in [6, 6.07) is 19.1. The van der Waals surface area contributed by atoms with E-state index in [2.05, 4.69) is 0 Å². The van der Waals surface area contributed by atoms with E-state index in [1.807, 2.05) is 0 Å². The van der Waals surface area contributed by atoms with Crippen LogP contribution in [0.15, 0.2) is 82.5 Å². The van der Waals surface area contributed by atoms with Crippen molar-refractivity contribution in [1.29, 1.82) is 0 Å². The second-order valence-electron chi connectivity index (χ2n) is 8.06. The van der Waals surface area contributed by atoms with Crippen molar-refractivity contribution in [2.45, 2.75) is 17.9 Å². The van der Waals surface area contributed by atoms with Crippen molar-refractivity contribution >= 4 is 32.5 Å². The fourth-order valence-electron chi connectivity index (χ4n) is 3.98. The number of fused-ring (bicyclic) bond motifs is 1. The van der Waals surface area contributed by atoms with Crippen LogP contribution in [0, 0.1) is 0 Å². The van der Waals surface area contributed by atoms with Crippen LogP contribution in [0.1, 0.15) is 18.8 Å². The van der Waals surface area contributed by atoms with Crippen LogP contribution >= 0.6 is 11.6 Å². The topological polar surface area (TPSA) is 90.7 Å². The maximum Gasteiger partial charge on any atom is 0.266 e. The first-order valence-electron chi connectivity index (χ1n) is 11.2. The molecule has 0 bridgehead atoms. The van der Waals surface area contributed by atoms with Crippen LogP contribution in [0.3, 0.4) is 0 Å². The third kappa shape index (κ3) is 5.01. The van der Waals surface area contributed by atoms with Gasteiger partial charge in [-0.1, -0.05) is 23.7 Å². The van der Waals surface area contributed by atoms with Crippen LogP contribution in [0.5, 0.6) is 5.75 Å². The van der Waals surface area contributed by atoms with Crippen molar-refractivity contribution in [2.75, 3.05) is 27.4 Å². The lowest BCUT2D eigenvalue weighted by Crippen LogP contribution is -2.39. The summed E-state index contributed by atoms with van der Waals surface area (Å²) in [5.74, 6) is 0.902. The highest BCUT2D eigenvalue weighted by atomic mass is 35.5. The molecule has 1 unspecified atom stereocenters. The van der Waals surface area contributed by atoms with E-state index in [1.165, 1.54) is 40.2 Å². The molecule has 1 atom stereocenters. The van der Waals surface area contributed by atoms with Crippen molar-refractivity contribution in [3.8, 4) is 11.4 Å². The summed E-state index contributed by atoms with van der Waals surface area (Å²) in [6.45, 7) is 1.91. The largest absolute Gasteiger partial charge is 0.497 e. The Balaban J connectivity index is 1.93. The van der Waals surface area contributed by atoms with Gasteiger partial charge in [-0.25, -0.2) is 13.4 Å². The second kappa shape index (κ2) is 10.8. The minimum absolute atomic E-state index is 0.0495. The van der Waals surface area contributed by atoms with Crippen molar-refractivity contribution in [2.24, 2.45) is 0 Å². The molecule has 1 aromatic heterocycles. The summed E-state index contributed by atoms with van der Waals surface area (Å²) in [5.41, 5.74) is 0.712. The molecule has 0 saturated carbocycles. The second-order valence-corrected chi connectivity index (χ2v) is 10.4. The fourth-order valence-corrected chi connectivity index (χ4v) is 5.69. The number of benzene rings is 3. The Morgan fingerprint density at radius 1 is 1.00 bits per heavy atom. The Kier molecular flexibility index (Phi) is 7.75. The molecule has 1 heterocycles. The van der Waals surface area contributed by atoms with Crippen LogP contribution in [0.4, 0.5) is 0 Å². The molecule has 0 spiro atoms. The summed E-state index contributed by atoms with van der Waals surface area (Å²) in [5, 5.41) is 0.850. The molecule has 0 fully saturated rings. The maximum absolute atomic E-state index is 13.7. The van der Waals surface area contributed by atoms with Crippen molar-refractivity contribution in [3.63, 3.8) is 0 Å². The molecular weight excluding hydrogens is 502 g/mol. The highest BCUT2D eigenvalue weighted by molar-refractivity contribution is 7.89. The number of nitrogens with zero attached hydrogens (tertiary/aromatic N) is 3. The molecule has 3 aromatic carbocycles.